The molecule has 1 aliphatic rings. The summed E-state index contributed by atoms with van der Waals surface area (Å²) >= 11 is 0. The van der Waals surface area contributed by atoms with Crippen molar-refractivity contribution in [3.63, 3.8) is 0 Å². The summed E-state index contributed by atoms with van der Waals surface area (Å²) in [5, 5.41) is 6.61. The predicted molar refractivity (Wildman–Crippen MR) is 109 cm³/mol. The minimum atomic E-state index is 0.689. The zero-order valence-corrected chi connectivity index (χ0v) is 16.8. The van der Waals surface area contributed by atoms with Gasteiger partial charge in [-0.05, 0) is 56.8 Å². The maximum absolute atomic E-state index is 5.37. The first-order valence-electron chi connectivity index (χ1n) is 10.1. The Morgan fingerprint density at radius 1 is 1.19 bits per heavy atom. The molecule has 146 valence electrons. The number of nitrogens with one attached hydrogen (secondary N) is 2. The van der Waals surface area contributed by atoms with E-state index in [1.165, 1.54) is 37.1 Å². The van der Waals surface area contributed by atoms with Gasteiger partial charge in [-0.2, -0.15) is 0 Å². The summed E-state index contributed by atoms with van der Waals surface area (Å²) in [5.41, 5.74) is 2.65. The maximum Gasteiger partial charge on any atom is 0.191 e. The standard InChI is InChI=1S/C21H36N4O/c1-4-22-21(23-11-14-26-5-2)24-16-19-7-6-8-20(15-19)17-25-12-9-18(3)10-13-25/h6-8,15,18H,4-5,9-14,16-17H2,1-3H3,(H2,22,23,24). The normalized spacial score (nSPS) is 16.7. The molecule has 0 atom stereocenters. The molecule has 1 aliphatic heterocycles. The topological polar surface area (TPSA) is 48.9 Å². The van der Waals surface area contributed by atoms with E-state index in [2.05, 4.69) is 53.6 Å². The van der Waals surface area contributed by atoms with Gasteiger partial charge in [0.2, 0.25) is 0 Å². The first kappa shape index (κ1) is 20.7. The van der Waals surface area contributed by atoms with Gasteiger partial charge < -0.3 is 15.4 Å². The molecule has 0 amide bonds. The van der Waals surface area contributed by atoms with Gasteiger partial charge >= 0.3 is 0 Å². The monoisotopic (exact) mass is 360 g/mol. The van der Waals surface area contributed by atoms with Crippen molar-refractivity contribution < 1.29 is 4.74 Å². The number of nitrogens with zero attached hydrogens (tertiary/aromatic N) is 2. The lowest BCUT2D eigenvalue weighted by Gasteiger charge is -2.30. The van der Waals surface area contributed by atoms with E-state index in [9.17, 15) is 0 Å². The second-order valence-corrected chi connectivity index (χ2v) is 7.10. The highest BCUT2D eigenvalue weighted by atomic mass is 16.5. The van der Waals surface area contributed by atoms with Crippen LogP contribution in [0.5, 0.6) is 0 Å². The average molecular weight is 361 g/mol. The molecule has 1 aromatic carbocycles. The summed E-state index contributed by atoms with van der Waals surface area (Å²) in [6.45, 7) is 13.7. The second-order valence-electron chi connectivity index (χ2n) is 7.10. The van der Waals surface area contributed by atoms with Crippen molar-refractivity contribution in [2.75, 3.05) is 39.4 Å². The summed E-state index contributed by atoms with van der Waals surface area (Å²) in [6.07, 6.45) is 2.65. The Morgan fingerprint density at radius 3 is 2.69 bits per heavy atom. The van der Waals surface area contributed by atoms with Gasteiger partial charge in [-0.3, -0.25) is 4.90 Å². The predicted octanol–water partition coefficient (Wildman–Crippen LogP) is 3.01. The fourth-order valence-corrected chi connectivity index (χ4v) is 3.20. The van der Waals surface area contributed by atoms with Gasteiger partial charge in [0.25, 0.3) is 0 Å². The lowest BCUT2D eigenvalue weighted by molar-refractivity contribution is 0.152. The Morgan fingerprint density at radius 2 is 1.96 bits per heavy atom. The number of hydrogen-bond donors (Lipinski definition) is 2. The van der Waals surface area contributed by atoms with E-state index in [1.54, 1.807) is 0 Å². The summed E-state index contributed by atoms with van der Waals surface area (Å²) in [7, 11) is 0. The molecule has 0 aliphatic carbocycles. The molecule has 1 aromatic rings. The van der Waals surface area contributed by atoms with Crippen LogP contribution in [0.15, 0.2) is 29.3 Å². The number of guanidine groups is 1. The van der Waals surface area contributed by atoms with Crippen LogP contribution in [0, 0.1) is 5.92 Å². The minimum absolute atomic E-state index is 0.689. The molecule has 1 fully saturated rings. The summed E-state index contributed by atoms with van der Waals surface area (Å²) in [6, 6.07) is 8.85. The van der Waals surface area contributed by atoms with Crippen LogP contribution >= 0.6 is 0 Å². The van der Waals surface area contributed by atoms with Gasteiger partial charge in [0.1, 0.15) is 0 Å². The van der Waals surface area contributed by atoms with Crippen molar-refractivity contribution in [2.24, 2.45) is 10.9 Å². The highest BCUT2D eigenvalue weighted by Crippen LogP contribution is 2.18. The Balaban J connectivity index is 1.86. The third-order valence-electron chi connectivity index (χ3n) is 4.78. The van der Waals surface area contributed by atoms with Gasteiger partial charge in [-0.15, -0.1) is 0 Å². The quantitative estimate of drug-likeness (QED) is 0.404. The van der Waals surface area contributed by atoms with Crippen molar-refractivity contribution >= 4 is 5.96 Å². The van der Waals surface area contributed by atoms with Crippen LogP contribution in [-0.4, -0.2) is 50.3 Å². The molecule has 0 saturated carbocycles. The number of rotatable bonds is 9. The van der Waals surface area contributed by atoms with Crippen LogP contribution in [0.3, 0.4) is 0 Å². The largest absolute Gasteiger partial charge is 0.380 e. The number of aliphatic imine (C=N–C) groups is 1. The number of ether oxygens (including phenoxy) is 1. The molecule has 2 rings (SSSR count). The summed E-state index contributed by atoms with van der Waals surface area (Å²) < 4.78 is 5.37. The van der Waals surface area contributed by atoms with E-state index < -0.39 is 0 Å². The van der Waals surface area contributed by atoms with E-state index >= 15 is 0 Å². The van der Waals surface area contributed by atoms with E-state index in [4.69, 9.17) is 9.73 Å². The molecule has 0 radical (unpaired) electrons. The van der Waals surface area contributed by atoms with E-state index in [0.717, 1.165) is 38.1 Å². The molecule has 1 heterocycles. The van der Waals surface area contributed by atoms with Gasteiger partial charge in [-0.1, -0.05) is 31.2 Å². The zero-order chi connectivity index (χ0) is 18.6. The van der Waals surface area contributed by atoms with Crippen molar-refractivity contribution in [1.82, 2.24) is 15.5 Å². The Labute approximate surface area is 159 Å². The highest BCUT2D eigenvalue weighted by Gasteiger charge is 2.15. The fraction of sp³-hybridized carbons (Fsp3) is 0.667. The molecule has 0 aromatic heterocycles. The van der Waals surface area contributed by atoms with Crippen molar-refractivity contribution in [2.45, 2.75) is 46.7 Å². The second kappa shape index (κ2) is 11.9. The molecular weight excluding hydrogens is 324 g/mol. The van der Waals surface area contributed by atoms with Crippen LogP contribution in [0.4, 0.5) is 0 Å². The lowest BCUT2D eigenvalue weighted by atomic mass is 9.98. The summed E-state index contributed by atoms with van der Waals surface area (Å²) in [4.78, 5) is 7.28. The Bertz CT molecular complexity index is 539. The maximum atomic E-state index is 5.37. The molecule has 0 unspecified atom stereocenters. The van der Waals surface area contributed by atoms with E-state index in [1.807, 2.05) is 6.92 Å². The van der Waals surface area contributed by atoms with Crippen LogP contribution in [0.1, 0.15) is 44.7 Å². The van der Waals surface area contributed by atoms with Gasteiger partial charge in [0, 0.05) is 26.2 Å². The zero-order valence-electron chi connectivity index (χ0n) is 16.8. The van der Waals surface area contributed by atoms with Crippen molar-refractivity contribution in [3.8, 4) is 0 Å². The first-order chi connectivity index (χ1) is 12.7. The molecular formula is C21H36N4O. The van der Waals surface area contributed by atoms with Crippen LogP contribution in [0.25, 0.3) is 0 Å². The number of likely N-dealkylation sites (tertiary alicyclic amines) is 1. The smallest absolute Gasteiger partial charge is 0.191 e. The first-order valence-corrected chi connectivity index (χ1v) is 10.1. The SMILES string of the molecule is CCNC(=NCc1cccc(CN2CCC(C)CC2)c1)NCCOCC. The van der Waals surface area contributed by atoms with Gasteiger partial charge in [0.05, 0.1) is 13.2 Å². The lowest BCUT2D eigenvalue weighted by Crippen LogP contribution is -2.39. The van der Waals surface area contributed by atoms with Gasteiger partial charge in [0.15, 0.2) is 5.96 Å². The molecule has 5 heteroatoms. The molecule has 0 spiro atoms. The third kappa shape index (κ3) is 7.75. The van der Waals surface area contributed by atoms with Gasteiger partial charge in [-0.25, -0.2) is 4.99 Å². The third-order valence-corrected chi connectivity index (χ3v) is 4.78. The van der Waals surface area contributed by atoms with Crippen molar-refractivity contribution in [3.05, 3.63) is 35.4 Å². The van der Waals surface area contributed by atoms with E-state index in [-0.39, 0.29) is 0 Å². The highest BCUT2D eigenvalue weighted by molar-refractivity contribution is 5.79. The Hall–Kier alpha value is -1.59. The Kier molecular flexibility index (Phi) is 9.50. The molecule has 26 heavy (non-hydrogen) atoms. The summed E-state index contributed by atoms with van der Waals surface area (Å²) in [5.74, 6) is 1.73. The van der Waals surface area contributed by atoms with Crippen molar-refractivity contribution in [1.29, 1.82) is 0 Å². The molecule has 0 bridgehead atoms. The number of hydrogen-bond acceptors (Lipinski definition) is 3. The van der Waals surface area contributed by atoms with E-state index in [0.29, 0.717) is 13.2 Å². The average Bonchev–Trinajstić information content (AvgIpc) is 2.65. The van der Waals surface area contributed by atoms with Crippen LogP contribution in [-0.2, 0) is 17.8 Å². The molecule has 1 saturated heterocycles. The number of benzene rings is 1. The molecule has 2 N–H and O–H groups in total. The van der Waals surface area contributed by atoms with Crippen LogP contribution < -0.4 is 10.6 Å². The molecule has 5 nitrogen and oxygen atoms in total. The fourth-order valence-electron chi connectivity index (χ4n) is 3.20. The minimum Gasteiger partial charge on any atom is -0.380 e. The van der Waals surface area contributed by atoms with Crippen LogP contribution in [0.2, 0.25) is 0 Å². The number of piperidine rings is 1.